The van der Waals surface area contributed by atoms with E-state index in [1.807, 2.05) is 12.1 Å². The molecule has 0 radical (unpaired) electrons. The largest absolute Gasteiger partial charge is 0.454 e. The summed E-state index contributed by atoms with van der Waals surface area (Å²) in [7, 11) is 0. The first-order chi connectivity index (χ1) is 8.93. The monoisotopic (exact) mass is 249 g/mol. The van der Waals surface area contributed by atoms with E-state index in [1.54, 1.807) is 0 Å². The summed E-state index contributed by atoms with van der Waals surface area (Å²) >= 11 is 0. The van der Waals surface area contributed by atoms with E-state index in [0.29, 0.717) is 6.79 Å². The molecule has 4 nitrogen and oxygen atoms in total. The first-order valence-electron chi connectivity index (χ1n) is 6.59. The summed E-state index contributed by atoms with van der Waals surface area (Å²) in [6.45, 7) is 4.04. The van der Waals surface area contributed by atoms with E-state index < -0.39 is 0 Å². The minimum absolute atomic E-state index is 0.340. The maximum absolute atomic E-state index is 5.49. The molecule has 98 valence electrons. The summed E-state index contributed by atoms with van der Waals surface area (Å²) in [6.07, 6.45) is 2.33. The summed E-state index contributed by atoms with van der Waals surface area (Å²) in [6, 6.07) is 6.05. The molecule has 0 amide bonds. The van der Waals surface area contributed by atoms with Crippen molar-refractivity contribution in [3.63, 3.8) is 0 Å². The number of nitrogens with one attached hydrogen (secondary N) is 1. The Morgan fingerprint density at radius 2 is 2.06 bits per heavy atom. The quantitative estimate of drug-likeness (QED) is 0.885. The number of rotatable bonds is 4. The molecule has 2 aliphatic heterocycles. The molecule has 0 aromatic heterocycles. The van der Waals surface area contributed by atoms with Gasteiger partial charge in [-0.3, -0.25) is 0 Å². The maximum atomic E-state index is 5.49. The van der Waals surface area contributed by atoms with Gasteiger partial charge >= 0.3 is 0 Å². The fourth-order valence-corrected chi connectivity index (χ4v) is 2.49. The summed E-state index contributed by atoms with van der Waals surface area (Å²) < 4.78 is 16.2. The van der Waals surface area contributed by atoms with Crippen molar-refractivity contribution in [1.82, 2.24) is 5.32 Å². The Kier molecular flexibility index (Phi) is 3.67. The van der Waals surface area contributed by atoms with Crippen molar-refractivity contribution in [3.05, 3.63) is 23.8 Å². The molecule has 0 saturated carbocycles. The number of hydrogen-bond donors (Lipinski definition) is 1. The van der Waals surface area contributed by atoms with Gasteiger partial charge in [0, 0.05) is 25.3 Å². The van der Waals surface area contributed by atoms with Crippen LogP contribution in [0.3, 0.4) is 0 Å². The van der Waals surface area contributed by atoms with Gasteiger partial charge in [-0.15, -0.1) is 0 Å². The Hall–Kier alpha value is -1.26. The molecule has 2 aliphatic rings. The standard InChI is InChI=1S/C14H19NO3/c1-2-12(14-13(3-1)17-10-18-14)9-15-8-11-4-6-16-7-5-11/h1-3,11,15H,4-10H2. The van der Waals surface area contributed by atoms with Crippen molar-refractivity contribution in [3.8, 4) is 11.5 Å². The van der Waals surface area contributed by atoms with Crippen LogP contribution in [0.25, 0.3) is 0 Å². The summed E-state index contributed by atoms with van der Waals surface area (Å²) in [4.78, 5) is 0. The number of para-hydroxylation sites is 1. The SMILES string of the molecule is c1cc(CNCC2CCOCC2)c2c(c1)OCO2. The van der Waals surface area contributed by atoms with Gasteiger partial charge in [0.1, 0.15) is 0 Å². The van der Waals surface area contributed by atoms with Gasteiger partial charge in [0.15, 0.2) is 11.5 Å². The Bertz CT molecular complexity index is 402. The molecular weight excluding hydrogens is 230 g/mol. The molecule has 0 atom stereocenters. The van der Waals surface area contributed by atoms with Gasteiger partial charge < -0.3 is 19.5 Å². The second-order valence-corrected chi connectivity index (χ2v) is 4.84. The topological polar surface area (TPSA) is 39.7 Å². The van der Waals surface area contributed by atoms with Crippen LogP contribution in [0.2, 0.25) is 0 Å². The molecule has 0 bridgehead atoms. The third kappa shape index (κ3) is 2.60. The van der Waals surface area contributed by atoms with Crippen molar-refractivity contribution in [2.24, 2.45) is 5.92 Å². The first-order valence-corrected chi connectivity index (χ1v) is 6.59. The Morgan fingerprint density at radius 1 is 1.17 bits per heavy atom. The van der Waals surface area contributed by atoms with E-state index in [2.05, 4.69) is 11.4 Å². The predicted molar refractivity (Wildman–Crippen MR) is 67.8 cm³/mol. The Labute approximate surface area is 107 Å². The second kappa shape index (κ2) is 5.59. The first kappa shape index (κ1) is 11.8. The van der Waals surface area contributed by atoms with Gasteiger partial charge in [-0.1, -0.05) is 12.1 Å². The average molecular weight is 249 g/mol. The molecule has 1 aromatic rings. The van der Waals surface area contributed by atoms with E-state index in [4.69, 9.17) is 14.2 Å². The average Bonchev–Trinajstić information content (AvgIpc) is 2.89. The van der Waals surface area contributed by atoms with E-state index in [9.17, 15) is 0 Å². The van der Waals surface area contributed by atoms with E-state index in [-0.39, 0.29) is 0 Å². The zero-order valence-corrected chi connectivity index (χ0v) is 10.5. The van der Waals surface area contributed by atoms with E-state index >= 15 is 0 Å². The van der Waals surface area contributed by atoms with Gasteiger partial charge in [0.25, 0.3) is 0 Å². The molecule has 1 aromatic carbocycles. The molecule has 0 unspecified atom stereocenters. The maximum Gasteiger partial charge on any atom is 0.231 e. The van der Waals surface area contributed by atoms with E-state index in [1.165, 1.54) is 18.4 Å². The lowest BCUT2D eigenvalue weighted by molar-refractivity contribution is 0.0662. The third-order valence-corrected chi connectivity index (χ3v) is 3.57. The third-order valence-electron chi connectivity index (χ3n) is 3.57. The highest BCUT2D eigenvalue weighted by Gasteiger charge is 2.17. The molecule has 4 heteroatoms. The number of fused-ring (bicyclic) bond motifs is 1. The number of ether oxygens (including phenoxy) is 3. The molecule has 3 rings (SSSR count). The van der Waals surface area contributed by atoms with E-state index in [0.717, 1.165) is 43.7 Å². The normalized spacial score (nSPS) is 19.1. The van der Waals surface area contributed by atoms with Gasteiger partial charge in [-0.25, -0.2) is 0 Å². The highest BCUT2D eigenvalue weighted by atomic mass is 16.7. The zero-order chi connectivity index (χ0) is 12.2. The van der Waals surface area contributed by atoms with Crippen LogP contribution in [-0.4, -0.2) is 26.6 Å². The van der Waals surface area contributed by atoms with Crippen molar-refractivity contribution >= 4 is 0 Å². The van der Waals surface area contributed by atoms with Crippen LogP contribution in [-0.2, 0) is 11.3 Å². The minimum atomic E-state index is 0.340. The van der Waals surface area contributed by atoms with Gasteiger partial charge in [0.2, 0.25) is 6.79 Å². The van der Waals surface area contributed by atoms with Crippen molar-refractivity contribution < 1.29 is 14.2 Å². The lowest BCUT2D eigenvalue weighted by Crippen LogP contribution is -2.27. The molecule has 1 N–H and O–H groups in total. The van der Waals surface area contributed by atoms with Gasteiger partial charge in [-0.05, 0) is 31.4 Å². The van der Waals surface area contributed by atoms with Gasteiger partial charge in [0.05, 0.1) is 0 Å². The molecule has 1 fully saturated rings. The zero-order valence-electron chi connectivity index (χ0n) is 10.5. The Balaban J connectivity index is 1.52. The van der Waals surface area contributed by atoms with Crippen LogP contribution in [0.5, 0.6) is 11.5 Å². The molecule has 18 heavy (non-hydrogen) atoms. The highest BCUT2D eigenvalue weighted by Crippen LogP contribution is 2.35. The highest BCUT2D eigenvalue weighted by molar-refractivity contribution is 5.48. The summed E-state index contributed by atoms with van der Waals surface area (Å²) in [5.74, 6) is 2.50. The fourth-order valence-electron chi connectivity index (χ4n) is 2.49. The van der Waals surface area contributed by atoms with Crippen molar-refractivity contribution in [1.29, 1.82) is 0 Å². The Morgan fingerprint density at radius 3 is 2.94 bits per heavy atom. The number of benzene rings is 1. The fraction of sp³-hybridized carbons (Fsp3) is 0.571. The molecule has 1 saturated heterocycles. The van der Waals surface area contributed by atoms with Crippen LogP contribution in [0.4, 0.5) is 0 Å². The smallest absolute Gasteiger partial charge is 0.231 e. The second-order valence-electron chi connectivity index (χ2n) is 4.84. The van der Waals surface area contributed by atoms with Crippen LogP contribution in [0.15, 0.2) is 18.2 Å². The van der Waals surface area contributed by atoms with Crippen LogP contribution < -0.4 is 14.8 Å². The summed E-state index contributed by atoms with van der Waals surface area (Å²) in [5, 5.41) is 3.51. The molecular formula is C14H19NO3. The molecule has 0 spiro atoms. The lowest BCUT2D eigenvalue weighted by Gasteiger charge is -2.22. The van der Waals surface area contributed by atoms with Crippen LogP contribution in [0.1, 0.15) is 18.4 Å². The number of hydrogen-bond acceptors (Lipinski definition) is 4. The van der Waals surface area contributed by atoms with Gasteiger partial charge in [-0.2, -0.15) is 0 Å². The summed E-state index contributed by atoms with van der Waals surface area (Å²) in [5.41, 5.74) is 1.18. The van der Waals surface area contributed by atoms with Crippen molar-refractivity contribution in [2.45, 2.75) is 19.4 Å². The molecule has 0 aliphatic carbocycles. The van der Waals surface area contributed by atoms with Crippen LogP contribution in [0, 0.1) is 5.92 Å². The molecule has 2 heterocycles. The minimum Gasteiger partial charge on any atom is -0.454 e. The predicted octanol–water partition coefficient (Wildman–Crippen LogP) is 1.93. The van der Waals surface area contributed by atoms with Crippen molar-refractivity contribution in [2.75, 3.05) is 26.6 Å². The van der Waals surface area contributed by atoms with Crippen LogP contribution >= 0.6 is 0 Å². The lowest BCUT2D eigenvalue weighted by atomic mass is 10.0.